The lowest BCUT2D eigenvalue weighted by Gasteiger charge is -2.17. The zero-order valence-corrected chi connectivity index (χ0v) is 19.1. The molecule has 3 aromatic rings. The predicted octanol–water partition coefficient (Wildman–Crippen LogP) is 2.55. The first kappa shape index (κ1) is 24.9. The number of para-hydroxylation sites is 2. The number of nitrogens with zero attached hydrogens (tertiary/aromatic N) is 1. The summed E-state index contributed by atoms with van der Waals surface area (Å²) in [6.07, 6.45) is -0.438. The Kier molecular flexibility index (Phi) is 8.36. The average molecular weight is 488 g/mol. The van der Waals surface area contributed by atoms with Crippen molar-refractivity contribution in [3.63, 3.8) is 0 Å². The number of benzene rings is 2. The number of sulfone groups is 1. The molecular weight excluding hydrogens is 462 g/mol. The number of aromatic nitrogens is 1. The number of ketones is 1. The summed E-state index contributed by atoms with van der Waals surface area (Å²) in [4.78, 5) is 39.9. The Morgan fingerprint density at radius 2 is 1.68 bits per heavy atom. The van der Waals surface area contributed by atoms with Gasteiger partial charge in [-0.05, 0) is 30.5 Å². The van der Waals surface area contributed by atoms with Gasteiger partial charge in [0.1, 0.15) is 5.52 Å². The number of carboxylic acid groups (broad SMARTS) is 1. The van der Waals surface area contributed by atoms with Crippen LogP contribution >= 0.6 is 0 Å². The summed E-state index contributed by atoms with van der Waals surface area (Å²) in [6.45, 7) is -0.434. The largest absolute Gasteiger partial charge is 0.465 e. The van der Waals surface area contributed by atoms with E-state index in [4.69, 9.17) is 9.52 Å². The maximum absolute atomic E-state index is 12.8. The van der Waals surface area contributed by atoms with E-state index in [0.717, 1.165) is 0 Å². The highest BCUT2D eigenvalue weighted by Crippen LogP contribution is 2.16. The van der Waals surface area contributed by atoms with Crippen molar-refractivity contribution >= 4 is 38.7 Å². The van der Waals surface area contributed by atoms with E-state index in [1.165, 1.54) is 0 Å². The van der Waals surface area contributed by atoms with Crippen LogP contribution < -0.4 is 10.6 Å². The fourth-order valence-corrected chi connectivity index (χ4v) is 4.91. The van der Waals surface area contributed by atoms with Crippen molar-refractivity contribution in [1.82, 2.24) is 15.6 Å². The molecule has 0 spiro atoms. The molecule has 0 saturated heterocycles. The molecule has 11 heteroatoms. The number of hydrogen-bond acceptors (Lipinski definition) is 7. The zero-order chi connectivity index (χ0) is 24.6. The first-order chi connectivity index (χ1) is 16.3. The lowest BCUT2D eigenvalue weighted by molar-refractivity contribution is -0.120. The van der Waals surface area contributed by atoms with E-state index in [-0.39, 0.29) is 24.6 Å². The van der Waals surface area contributed by atoms with Crippen LogP contribution in [-0.2, 0) is 20.4 Å². The number of carbonyl (C=O) groups excluding carboxylic acids is 2. The summed E-state index contributed by atoms with van der Waals surface area (Å²) < 4.78 is 31.1. The molecule has 1 atom stereocenters. The van der Waals surface area contributed by atoms with Gasteiger partial charge in [-0.2, -0.15) is 0 Å². The highest BCUT2D eigenvalue weighted by Gasteiger charge is 2.33. The molecule has 1 aromatic heterocycles. The van der Waals surface area contributed by atoms with E-state index in [9.17, 15) is 22.8 Å². The first-order valence-electron chi connectivity index (χ1n) is 10.6. The molecule has 34 heavy (non-hydrogen) atoms. The molecule has 0 fully saturated rings. The van der Waals surface area contributed by atoms with Crippen LogP contribution in [0.1, 0.15) is 35.5 Å². The van der Waals surface area contributed by atoms with Crippen LogP contribution in [-0.4, -0.2) is 54.6 Å². The topological polar surface area (TPSA) is 156 Å². The number of rotatable bonds is 12. The van der Waals surface area contributed by atoms with E-state index in [1.807, 2.05) is 5.32 Å². The van der Waals surface area contributed by atoms with Gasteiger partial charge in [0.15, 0.2) is 20.7 Å². The van der Waals surface area contributed by atoms with Crippen LogP contribution in [0.5, 0.6) is 0 Å². The molecule has 0 radical (unpaired) electrons. The van der Waals surface area contributed by atoms with Gasteiger partial charge in [0.05, 0.1) is 5.75 Å². The Labute approximate surface area is 196 Å². The molecule has 1 unspecified atom stereocenters. The van der Waals surface area contributed by atoms with Gasteiger partial charge in [-0.25, -0.2) is 18.2 Å². The highest BCUT2D eigenvalue weighted by molar-refractivity contribution is 7.92. The summed E-state index contributed by atoms with van der Waals surface area (Å²) in [5, 5.41) is 11.8. The smallest absolute Gasteiger partial charge is 0.404 e. The number of carbonyl (C=O) groups is 3. The number of amides is 2. The summed E-state index contributed by atoms with van der Waals surface area (Å²) in [7, 11) is -3.99. The van der Waals surface area contributed by atoms with E-state index in [2.05, 4.69) is 10.3 Å². The van der Waals surface area contributed by atoms with Crippen LogP contribution in [0.15, 0.2) is 59.0 Å². The number of Topliss-reactive ketones (excluding diaryl/α,β-unsaturated/α-hetero) is 1. The average Bonchev–Trinajstić information content (AvgIpc) is 3.23. The van der Waals surface area contributed by atoms with Crippen molar-refractivity contribution in [2.45, 2.75) is 30.3 Å². The monoisotopic (exact) mass is 487 g/mol. The second-order valence-corrected chi connectivity index (χ2v) is 9.81. The minimum Gasteiger partial charge on any atom is -0.465 e. The van der Waals surface area contributed by atoms with E-state index < -0.39 is 39.4 Å². The second-order valence-electron chi connectivity index (χ2n) is 7.63. The maximum Gasteiger partial charge on any atom is 0.404 e. The van der Waals surface area contributed by atoms with Gasteiger partial charge in [0.25, 0.3) is 5.89 Å². The summed E-state index contributed by atoms with van der Waals surface area (Å²) >= 11 is 0. The molecule has 0 aliphatic heterocycles. The SMILES string of the molecule is O=C(O)NCC(C(=O)NCCCCC(=O)c1nc2ccccc2o1)S(=O)(=O)Cc1ccccc1. The van der Waals surface area contributed by atoms with Crippen LogP contribution in [0.3, 0.4) is 0 Å². The van der Waals surface area contributed by atoms with Gasteiger partial charge in [-0.15, -0.1) is 0 Å². The van der Waals surface area contributed by atoms with Crippen molar-refractivity contribution < 1.29 is 32.3 Å². The van der Waals surface area contributed by atoms with E-state index >= 15 is 0 Å². The van der Waals surface area contributed by atoms with Crippen molar-refractivity contribution in [2.24, 2.45) is 0 Å². The number of unbranched alkanes of at least 4 members (excludes halogenated alkanes) is 1. The van der Waals surface area contributed by atoms with Crippen LogP contribution in [0.4, 0.5) is 4.79 Å². The Hall–Kier alpha value is -3.73. The third-order valence-electron chi connectivity index (χ3n) is 5.04. The fraction of sp³-hybridized carbons (Fsp3) is 0.304. The summed E-state index contributed by atoms with van der Waals surface area (Å²) in [6, 6.07) is 15.4. The van der Waals surface area contributed by atoms with E-state index in [0.29, 0.717) is 29.5 Å². The lowest BCUT2D eigenvalue weighted by atomic mass is 10.2. The van der Waals surface area contributed by atoms with Crippen molar-refractivity contribution in [3.8, 4) is 0 Å². The summed E-state index contributed by atoms with van der Waals surface area (Å²) in [5.74, 6) is -1.44. The molecule has 0 bridgehead atoms. The zero-order valence-electron chi connectivity index (χ0n) is 18.3. The van der Waals surface area contributed by atoms with Crippen molar-refractivity contribution in [3.05, 3.63) is 66.1 Å². The molecule has 3 N–H and O–H groups in total. The first-order valence-corrected chi connectivity index (χ1v) is 12.4. The Bertz CT molecular complexity index is 1220. The third-order valence-corrected chi connectivity index (χ3v) is 7.02. The Balaban J connectivity index is 1.51. The fourth-order valence-electron chi connectivity index (χ4n) is 3.30. The molecule has 1 heterocycles. The number of hydrogen-bond donors (Lipinski definition) is 3. The van der Waals surface area contributed by atoms with Gasteiger partial charge in [-0.1, -0.05) is 42.5 Å². The molecule has 180 valence electrons. The van der Waals surface area contributed by atoms with Gasteiger partial charge in [0, 0.05) is 19.5 Å². The molecule has 2 aromatic carbocycles. The molecule has 0 aliphatic carbocycles. The van der Waals surface area contributed by atoms with Gasteiger partial charge in [-0.3, -0.25) is 9.59 Å². The minimum atomic E-state index is -3.99. The standard InChI is InChI=1S/C23H25N3O7S/c27-18(22-26-17-10-4-5-12-19(17)33-22)11-6-7-13-24-21(28)20(14-25-23(29)30)34(31,32)15-16-8-2-1-3-9-16/h1-5,8-10,12,20,25H,6-7,11,13-15H2,(H,24,28)(H,29,30). The number of fused-ring (bicyclic) bond motifs is 1. The molecule has 3 rings (SSSR count). The predicted molar refractivity (Wildman–Crippen MR) is 124 cm³/mol. The van der Waals surface area contributed by atoms with Crippen LogP contribution in [0.2, 0.25) is 0 Å². The molecule has 0 aliphatic rings. The quantitative estimate of drug-likeness (QED) is 0.260. The molecule has 10 nitrogen and oxygen atoms in total. The molecular formula is C23H25N3O7S. The van der Waals surface area contributed by atoms with Gasteiger partial charge in [0.2, 0.25) is 11.7 Å². The van der Waals surface area contributed by atoms with Gasteiger partial charge >= 0.3 is 6.09 Å². The molecule has 0 saturated carbocycles. The van der Waals surface area contributed by atoms with Crippen LogP contribution in [0.25, 0.3) is 11.1 Å². The number of nitrogens with one attached hydrogen (secondary N) is 2. The van der Waals surface area contributed by atoms with Crippen molar-refractivity contribution in [1.29, 1.82) is 0 Å². The Morgan fingerprint density at radius 3 is 2.38 bits per heavy atom. The Morgan fingerprint density at radius 1 is 0.971 bits per heavy atom. The highest BCUT2D eigenvalue weighted by atomic mass is 32.2. The lowest BCUT2D eigenvalue weighted by Crippen LogP contribution is -2.47. The normalized spacial score (nSPS) is 12.2. The number of oxazole rings is 1. The summed E-state index contributed by atoms with van der Waals surface area (Å²) in [5.41, 5.74) is 1.61. The van der Waals surface area contributed by atoms with Crippen molar-refractivity contribution in [2.75, 3.05) is 13.1 Å². The maximum atomic E-state index is 12.8. The minimum absolute atomic E-state index is 0.0250. The second kappa shape index (κ2) is 11.4. The van der Waals surface area contributed by atoms with Gasteiger partial charge < -0.3 is 20.2 Å². The molecule has 2 amide bonds. The third kappa shape index (κ3) is 6.88. The van der Waals surface area contributed by atoms with E-state index in [1.54, 1.807) is 54.6 Å². The van der Waals surface area contributed by atoms with Crippen LogP contribution in [0, 0.1) is 0 Å².